The molecule has 0 unspecified atom stereocenters. The molecule has 0 saturated heterocycles. The third-order valence-corrected chi connectivity index (χ3v) is 1.73. The largest absolute Gasteiger partial charge is 0.326 e. The quantitative estimate of drug-likeness (QED) is 0.207. The Hall–Kier alpha value is -1.59. The summed E-state index contributed by atoms with van der Waals surface area (Å²) in [5.41, 5.74) is 9.73. The Kier molecular flexibility index (Phi) is 3.24. The molecule has 13 heavy (non-hydrogen) atoms. The van der Waals surface area contributed by atoms with Crippen LogP contribution in [0.5, 0.6) is 0 Å². The number of nitrogens with two attached hydrogens (primary N) is 3. The zero-order valence-corrected chi connectivity index (χ0v) is 7.20. The van der Waals surface area contributed by atoms with E-state index in [0.29, 0.717) is 12.4 Å². The summed E-state index contributed by atoms with van der Waals surface area (Å²) < 4.78 is 0. The Morgan fingerprint density at radius 2 is 1.92 bits per heavy atom. The standard InChI is InChI=1S/C8H13N5/c9-5-6-1-3-7(4-2-6)8(12-10)13-11/h1-4H,5,9-11H2,(H,12,13). The van der Waals surface area contributed by atoms with Gasteiger partial charge in [0.05, 0.1) is 0 Å². The van der Waals surface area contributed by atoms with E-state index in [0.717, 1.165) is 11.1 Å². The second-order valence-corrected chi connectivity index (χ2v) is 2.52. The first-order valence-corrected chi connectivity index (χ1v) is 3.85. The van der Waals surface area contributed by atoms with Gasteiger partial charge >= 0.3 is 0 Å². The molecule has 0 spiro atoms. The van der Waals surface area contributed by atoms with E-state index in [9.17, 15) is 0 Å². The van der Waals surface area contributed by atoms with Crippen LogP contribution in [-0.2, 0) is 6.54 Å². The normalized spacial score (nSPS) is 11.4. The van der Waals surface area contributed by atoms with E-state index in [1.165, 1.54) is 0 Å². The number of hydrogen-bond donors (Lipinski definition) is 4. The average molecular weight is 179 g/mol. The fraction of sp³-hybridized carbons (Fsp3) is 0.125. The monoisotopic (exact) mass is 179 g/mol. The number of nitrogens with one attached hydrogen (secondary N) is 1. The first kappa shape index (κ1) is 9.50. The fourth-order valence-electron chi connectivity index (χ4n) is 0.994. The van der Waals surface area contributed by atoms with Crippen molar-refractivity contribution in [3.05, 3.63) is 35.4 Å². The highest BCUT2D eigenvalue weighted by Gasteiger charge is 1.99. The van der Waals surface area contributed by atoms with E-state index >= 15 is 0 Å². The summed E-state index contributed by atoms with van der Waals surface area (Å²) in [5, 5.41) is 3.48. The van der Waals surface area contributed by atoms with Crippen molar-refractivity contribution in [2.45, 2.75) is 6.54 Å². The maximum absolute atomic E-state index is 5.45. The van der Waals surface area contributed by atoms with Crippen molar-refractivity contribution < 1.29 is 0 Å². The number of benzene rings is 1. The lowest BCUT2D eigenvalue weighted by molar-refractivity contribution is 1.00. The molecule has 1 aromatic carbocycles. The molecule has 0 aliphatic carbocycles. The number of rotatable bonds is 2. The van der Waals surface area contributed by atoms with Gasteiger partial charge in [0.1, 0.15) is 0 Å². The summed E-state index contributed by atoms with van der Waals surface area (Å²) in [6.45, 7) is 0.519. The minimum absolute atomic E-state index is 0.448. The van der Waals surface area contributed by atoms with Crippen molar-refractivity contribution in [2.75, 3.05) is 0 Å². The van der Waals surface area contributed by atoms with Gasteiger partial charge in [0.15, 0.2) is 5.84 Å². The Balaban J connectivity index is 2.91. The molecule has 0 aromatic heterocycles. The third-order valence-electron chi connectivity index (χ3n) is 1.73. The van der Waals surface area contributed by atoms with Crippen LogP contribution in [0.4, 0.5) is 0 Å². The second-order valence-electron chi connectivity index (χ2n) is 2.52. The van der Waals surface area contributed by atoms with Gasteiger partial charge in [-0.2, -0.15) is 5.10 Å². The number of nitrogens with zero attached hydrogens (tertiary/aromatic N) is 1. The van der Waals surface area contributed by atoms with Crippen molar-refractivity contribution in [1.29, 1.82) is 0 Å². The summed E-state index contributed by atoms with van der Waals surface area (Å²) >= 11 is 0. The Morgan fingerprint density at radius 3 is 2.31 bits per heavy atom. The molecule has 0 bridgehead atoms. The van der Waals surface area contributed by atoms with Gasteiger partial charge in [0, 0.05) is 12.1 Å². The predicted molar refractivity (Wildman–Crippen MR) is 52.4 cm³/mol. The van der Waals surface area contributed by atoms with Gasteiger partial charge in [-0.05, 0) is 5.56 Å². The van der Waals surface area contributed by atoms with Gasteiger partial charge in [-0.3, -0.25) is 0 Å². The zero-order chi connectivity index (χ0) is 9.68. The van der Waals surface area contributed by atoms with Gasteiger partial charge in [-0.25, -0.2) is 5.84 Å². The van der Waals surface area contributed by atoms with Crippen molar-refractivity contribution in [1.82, 2.24) is 5.43 Å². The summed E-state index contributed by atoms with van der Waals surface area (Å²) in [6, 6.07) is 7.51. The van der Waals surface area contributed by atoms with Crippen LogP contribution in [-0.4, -0.2) is 5.84 Å². The van der Waals surface area contributed by atoms with Crippen LogP contribution in [0.1, 0.15) is 11.1 Å². The lowest BCUT2D eigenvalue weighted by Gasteiger charge is -2.04. The predicted octanol–water partition coefficient (Wildman–Crippen LogP) is -0.771. The molecule has 1 aromatic rings. The van der Waals surface area contributed by atoms with Crippen molar-refractivity contribution >= 4 is 5.84 Å². The van der Waals surface area contributed by atoms with Crippen molar-refractivity contribution in [2.24, 2.45) is 22.5 Å². The molecule has 0 atom stereocenters. The SMILES string of the molecule is NCc1ccc(/C(=N/N)NN)cc1. The minimum atomic E-state index is 0.448. The number of hydrazone groups is 1. The highest BCUT2D eigenvalue weighted by atomic mass is 15.3. The third kappa shape index (κ3) is 2.17. The van der Waals surface area contributed by atoms with Crippen LogP contribution in [0.3, 0.4) is 0 Å². The van der Waals surface area contributed by atoms with E-state index in [2.05, 4.69) is 10.5 Å². The molecule has 1 rings (SSSR count). The molecule has 70 valence electrons. The van der Waals surface area contributed by atoms with Crippen LogP contribution < -0.4 is 22.8 Å². The van der Waals surface area contributed by atoms with E-state index in [-0.39, 0.29) is 0 Å². The number of hydrogen-bond acceptors (Lipinski definition) is 4. The van der Waals surface area contributed by atoms with Crippen molar-refractivity contribution in [3.63, 3.8) is 0 Å². The molecule has 0 aliphatic heterocycles. The van der Waals surface area contributed by atoms with Crippen LogP contribution >= 0.6 is 0 Å². The van der Waals surface area contributed by atoms with Gasteiger partial charge in [0.25, 0.3) is 0 Å². The Morgan fingerprint density at radius 1 is 1.31 bits per heavy atom. The summed E-state index contributed by atoms with van der Waals surface area (Å²) in [4.78, 5) is 0. The number of amidine groups is 1. The first-order chi connectivity index (χ1) is 6.31. The molecule has 5 heteroatoms. The van der Waals surface area contributed by atoms with Gasteiger partial charge in [-0.15, -0.1) is 0 Å². The van der Waals surface area contributed by atoms with E-state index in [4.69, 9.17) is 17.4 Å². The molecule has 0 aliphatic rings. The Labute approximate surface area is 76.6 Å². The second kappa shape index (κ2) is 4.44. The summed E-state index contributed by atoms with van der Waals surface area (Å²) in [6.07, 6.45) is 0. The molecule has 5 nitrogen and oxygen atoms in total. The van der Waals surface area contributed by atoms with E-state index < -0.39 is 0 Å². The molecular formula is C8H13N5. The van der Waals surface area contributed by atoms with Crippen LogP contribution in [0.15, 0.2) is 29.4 Å². The fourth-order valence-corrected chi connectivity index (χ4v) is 0.994. The van der Waals surface area contributed by atoms with E-state index in [1.54, 1.807) is 0 Å². The topological polar surface area (TPSA) is 102 Å². The molecule has 0 heterocycles. The van der Waals surface area contributed by atoms with Gasteiger partial charge < -0.3 is 17.0 Å². The van der Waals surface area contributed by atoms with Gasteiger partial charge in [-0.1, -0.05) is 24.3 Å². The molecule has 0 radical (unpaired) electrons. The van der Waals surface area contributed by atoms with Crippen LogP contribution in [0.2, 0.25) is 0 Å². The maximum Gasteiger partial charge on any atom is 0.166 e. The molecule has 0 saturated carbocycles. The first-order valence-electron chi connectivity index (χ1n) is 3.85. The van der Waals surface area contributed by atoms with Crippen LogP contribution in [0, 0.1) is 0 Å². The highest BCUT2D eigenvalue weighted by molar-refractivity contribution is 5.98. The zero-order valence-electron chi connectivity index (χ0n) is 7.20. The Bertz CT molecular complexity index is 290. The highest BCUT2D eigenvalue weighted by Crippen LogP contribution is 2.03. The summed E-state index contributed by atoms with van der Waals surface area (Å²) in [7, 11) is 0. The molecular weight excluding hydrogens is 166 g/mol. The average Bonchev–Trinajstić information content (AvgIpc) is 2.21. The van der Waals surface area contributed by atoms with Crippen molar-refractivity contribution in [3.8, 4) is 0 Å². The molecule has 0 amide bonds. The maximum atomic E-state index is 5.45. The lowest BCUT2D eigenvalue weighted by atomic mass is 10.1. The minimum Gasteiger partial charge on any atom is -0.326 e. The molecule has 0 fully saturated rings. The van der Waals surface area contributed by atoms with E-state index in [1.807, 2.05) is 24.3 Å². The summed E-state index contributed by atoms with van der Waals surface area (Å²) in [5.74, 6) is 10.8. The van der Waals surface area contributed by atoms with Gasteiger partial charge in [0.2, 0.25) is 0 Å². The number of hydrazine groups is 1. The van der Waals surface area contributed by atoms with Crippen LogP contribution in [0.25, 0.3) is 0 Å². The lowest BCUT2D eigenvalue weighted by Crippen LogP contribution is -2.32. The smallest absolute Gasteiger partial charge is 0.166 e. The molecule has 7 N–H and O–H groups in total.